The molecule has 1 aromatic carbocycles. The number of carbonyl (C=O) groups excluding carboxylic acids is 1. The summed E-state index contributed by atoms with van der Waals surface area (Å²) >= 11 is 4.95. The van der Waals surface area contributed by atoms with Gasteiger partial charge in [-0.25, -0.2) is 8.42 Å². The Morgan fingerprint density at radius 3 is 2.75 bits per heavy atom. The van der Waals surface area contributed by atoms with Crippen LogP contribution in [0, 0.1) is 4.84 Å². The zero-order chi connectivity index (χ0) is 17.5. The topological polar surface area (TPSA) is 83.4 Å². The van der Waals surface area contributed by atoms with Crippen LogP contribution in [0.4, 0.5) is 0 Å². The highest BCUT2D eigenvalue weighted by Gasteiger charge is 2.37. The summed E-state index contributed by atoms with van der Waals surface area (Å²) in [5.41, 5.74) is 1.70. The maximum atomic E-state index is 12.8. The van der Waals surface area contributed by atoms with E-state index < -0.39 is 15.1 Å². The average molecular weight is 368 g/mol. The molecule has 3 rings (SSSR count). The van der Waals surface area contributed by atoms with E-state index in [1.54, 1.807) is 30.1 Å². The van der Waals surface area contributed by atoms with Gasteiger partial charge in [0.05, 0.1) is 10.8 Å². The number of aromatic nitrogens is 1. The Morgan fingerprint density at radius 1 is 1.33 bits per heavy atom. The lowest BCUT2D eigenvalue weighted by Gasteiger charge is -2.37. The molecule has 24 heavy (non-hydrogen) atoms. The van der Waals surface area contributed by atoms with Gasteiger partial charge < -0.3 is 14.3 Å². The largest absolute Gasteiger partial charge is 0.429 e. The second-order valence-electron chi connectivity index (χ2n) is 6.36. The molecule has 0 bridgehead atoms. The van der Waals surface area contributed by atoms with Crippen LogP contribution >= 0.6 is 12.2 Å². The minimum atomic E-state index is -3.20. The lowest BCUT2D eigenvalue weighted by molar-refractivity contribution is 0.0700. The van der Waals surface area contributed by atoms with Gasteiger partial charge in [0.2, 0.25) is 0 Å². The Kier molecular flexibility index (Phi) is 4.52. The van der Waals surface area contributed by atoms with Crippen molar-refractivity contribution in [2.45, 2.75) is 37.0 Å². The number of sulfone groups is 1. The minimum absolute atomic E-state index is 0.209. The van der Waals surface area contributed by atoms with Crippen LogP contribution in [0.1, 0.15) is 36.0 Å². The van der Waals surface area contributed by atoms with Crippen molar-refractivity contribution in [3.63, 3.8) is 0 Å². The number of hydrogen-bond donors (Lipinski definition) is 1. The van der Waals surface area contributed by atoms with Crippen LogP contribution in [0.3, 0.4) is 0 Å². The van der Waals surface area contributed by atoms with Gasteiger partial charge in [-0.1, -0.05) is 12.8 Å². The summed E-state index contributed by atoms with van der Waals surface area (Å²) in [6, 6.07) is 4.78. The lowest BCUT2D eigenvalue weighted by Crippen LogP contribution is -2.49. The maximum absolute atomic E-state index is 12.8. The highest BCUT2D eigenvalue weighted by Crippen LogP contribution is 2.28. The number of nitrogens with zero attached hydrogens (tertiary/aromatic N) is 1. The van der Waals surface area contributed by atoms with Gasteiger partial charge >= 0.3 is 0 Å². The predicted octanol–water partition coefficient (Wildman–Crippen LogP) is 2.92. The highest BCUT2D eigenvalue weighted by molar-refractivity contribution is 7.91. The van der Waals surface area contributed by atoms with E-state index in [0.717, 1.165) is 18.4 Å². The molecule has 2 aromatic rings. The standard InChI is InChI=1S/C16H20N2O4S2/c1-18(12-5-3-4-6-14(12)24(2,20)21)15(19)10-7-8-11-13(9-10)22-16(23)17-11/h7-9,12,14H,3-6H2,1-2H3,(H,17,23)/t12-,14+/m0/s1. The zero-order valence-electron chi connectivity index (χ0n) is 13.6. The molecule has 130 valence electrons. The second-order valence-corrected chi connectivity index (χ2v) is 9.00. The SMILES string of the molecule is CN(C(=O)c1ccc2[nH]c(=S)oc2c1)[C@H]1CCCC[C@H]1S(C)(=O)=O. The highest BCUT2D eigenvalue weighted by atomic mass is 32.2. The van der Waals surface area contributed by atoms with Gasteiger partial charge in [0.1, 0.15) is 0 Å². The molecule has 1 aliphatic carbocycles. The molecule has 1 aliphatic rings. The first kappa shape index (κ1) is 17.2. The van der Waals surface area contributed by atoms with E-state index in [-0.39, 0.29) is 16.8 Å². The molecule has 1 N–H and O–H groups in total. The first-order valence-electron chi connectivity index (χ1n) is 7.86. The lowest BCUT2D eigenvalue weighted by atomic mass is 9.93. The van der Waals surface area contributed by atoms with Crippen molar-refractivity contribution in [3.05, 3.63) is 28.6 Å². The summed E-state index contributed by atoms with van der Waals surface area (Å²) in [4.78, 5) is 17.5. The van der Waals surface area contributed by atoms with Crippen molar-refractivity contribution < 1.29 is 17.6 Å². The zero-order valence-corrected chi connectivity index (χ0v) is 15.2. The third-order valence-corrected chi connectivity index (χ3v) is 6.54. The van der Waals surface area contributed by atoms with Crippen LogP contribution in [0.25, 0.3) is 11.1 Å². The van der Waals surface area contributed by atoms with Gasteiger partial charge in [0, 0.05) is 24.9 Å². The summed E-state index contributed by atoms with van der Waals surface area (Å²) in [5.74, 6) is -0.209. The number of rotatable bonds is 3. The molecule has 0 aliphatic heterocycles. The molecular formula is C16H20N2O4S2. The van der Waals surface area contributed by atoms with Crippen LogP contribution < -0.4 is 0 Å². The molecule has 0 unspecified atom stereocenters. The minimum Gasteiger partial charge on any atom is -0.429 e. The Labute approximate surface area is 145 Å². The van der Waals surface area contributed by atoms with E-state index in [4.69, 9.17) is 16.6 Å². The van der Waals surface area contributed by atoms with Gasteiger partial charge in [-0.3, -0.25) is 4.79 Å². The van der Waals surface area contributed by atoms with E-state index in [1.165, 1.54) is 6.26 Å². The van der Waals surface area contributed by atoms with Gasteiger partial charge in [0.25, 0.3) is 10.7 Å². The van der Waals surface area contributed by atoms with Crippen molar-refractivity contribution >= 4 is 39.1 Å². The Morgan fingerprint density at radius 2 is 2.04 bits per heavy atom. The fourth-order valence-electron chi connectivity index (χ4n) is 3.45. The number of carbonyl (C=O) groups is 1. The monoisotopic (exact) mass is 368 g/mol. The Bertz CT molecular complexity index is 929. The average Bonchev–Trinajstić information content (AvgIpc) is 2.91. The quantitative estimate of drug-likeness (QED) is 0.842. The third-order valence-electron chi connectivity index (χ3n) is 4.70. The first-order valence-corrected chi connectivity index (χ1v) is 10.2. The van der Waals surface area contributed by atoms with E-state index in [9.17, 15) is 13.2 Å². The van der Waals surface area contributed by atoms with Gasteiger partial charge in [0.15, 0.2) is 15.4 Å². The molecule has 6 nitrogen and oxygen atoms in total. The number of aromatic amines is 1. The molecule has 1 saturated carbocycles. The molecule has 1 aromatic heterocycles. The fourth-order valence-corrected chi connectivity index (χ4v) is 5.14. The van der Waals surface area contributed by atoms with Crippen molar-refractivity contribution in [2.24, 2.45) is 0 Å². The van der Waals surface area contributed by atoms with Crippen LogP contribution in [0.2, 0.25) is 0 Å². The Hall–Kier alpha value is -1.67. The van der Waals surface area contributed by atoms with Crippen LogP contribution in [-0.4, -0.2) is 48.8 Å². The van der Waals surface area contributed by atoms with E-state index in [2.05, 4.69) is 4.98 Å². The van der Waals surface area contributed by atoms with E-state index in [1.807, 2.05) is 0 Å². The van der Waals surface area contributed by atoms with Gasteiger partial charge in [-0.15, -0.1) is 0 Å². The van der Waals surface area contributed by atoms with Crippen LogP contribution in [0.15, 0.2) is 22.6 Å². The molecule has 8 heteroatoms. The molecule has 0 radical (unpaired) electrons. The molecule has 1 fully saturated rings. The normalized spacial score (nSPS) is 21.8. The number of hydrogen-bond acceptors (Lipinski definition) is 5. The number of oxazole rings is 1. The smallest absolute Gasteiger partial charge is 0.266 e. The first-order chi connectivity index (χ1) is 11.3. The van der Waals surface area contributed by atoms with E-state index >= 15 is 0 Å². The Balaban J connectivity index is 1.90. The molecule has 0 spiro atoms. The number of benzene rings is 1. The number of nitrogens with one attached hydrogen (secondary N) is 1. The van der Waals surface area contributed by atoms with Crippen molar-refractivity contribution in [1.82, 2.24) is 9.88 Å². The molecule has 2 atom stereocenters. The van der Waals surface area contributed by atoms with Gasteiger partial charge in [-0.05, 0) is 43.3 Å². The molecule has 0 saturated heterocycles. The van der Waals surface area contributed by atoms with Crippen molar-refractivity contribution in [2.75, 3.05) is 13.3 Å². The summed E-state index contributed by atoms with van der Waals surface area (Å²) in [6.07, 6.45) is 4.37. The second kappa shape index (κ2) is 6.33. The summed E-state index contributed by atoms with van der Waals surface area (Å²) in [7, 11) is -1.52. The number of fused-ring (bicyclic) bond motifs is 1. The summed E-state index contributed by atoms with van der Waals surface area (Å²) in [5, 5.41) is -0.500. The fraction of sp³-hybridized carbons (Fsp3) is 0.500. The van der Waals surface area contributed by atoms with Gasteiger partial charge in [-0.2, -0.15) is 0 Å². The summed E-state index contributed by atoms with van der Waals surface area (Å²) in [6.45, 7) is 0. The van der Waals surface area contributed by atoms with Crippen LogP contribution in [0.5, 0.6) is 0 Å². The third kappa shape index (κ3) is 3.25. The summed E-state index contributed by atoms with van der Waals surface area (Å²) < 4.78 is 29.5. The maximum Gasteiger partial charge on any atom is 0.266 e. The number of H-pyrrole nitrogens is 1. The van der Waals surface area contributed by atoms with Crippen molar-refractivity contribution in [1.29, 1.82) is 0 Å². The van der Waals surface area contributed by atoms with Crippen molar-refractivity contribution in [3.8, 4) is 0 Å². The molecule has 1 amide bonds. The number of amides is 1. The predicted molar refractivity (Wildman–Crippen MR) is 94.4 cm³/mol. The van der Waals surface area contributed by atoms with E-state index in [0.29, 0.717) is 24.0 Å². The van der Waals surface area contributed by atoms with Crippen LogP contribution in [-0.2, 0) is 9.84 Å². The molecular weight excluding hydrogens is 348 g/mol. The molecule has 1 heterocycles.